The number of aromatic amines is 1. The van der Waals surface area contributed by atoms with Gasteiger partial charge in [0.2, 0.25) is 0 Å². The minimum Gasteiger partial charge on any atom is -0.286 e. The normalized spacial score (nSPS) is 13.2. The van der Waals surface area contributed by atoms with Crippen LogP contribution in [0, 0.1) is 0 Å². The van der Waals surface area contributed by atoms with Crippen LogP contribution in [0.2, 0.25) is 0 Å². The average molecular weight is 443 g/mol. The SMILES string of the molecule is CCCCCc1c(Cc2ccc(-c3ccccc3-c3nnn[nH]3)cc2)c(=O)n2n1CCCC2. The molecular formula is C26H30N6O. The van der Waals surface area contributed by atoms with E-state index in [4.69, 9.17) is 0 Å². The van der Waals surface area contributed by atoms with Crippen molar-refractivity contribution < 1.29 is 0 Å². The highest BCUT2D eigenvalue weighted by atomic mass is 16.1. The summed E-state index contributed by atoms with van der Waals surface area (Å²) in [5, 5.41) is 14.3. The van der Waals surface area contributed by atoms with Crippen LogP contribution in [0.4, 0.5) is 0 Å². The zero-order valence-electron chi connectivity index (χ0n) is 19.1. The molecule has 3 heterocycles. The molecule has 0 aliphatic carbocycles. The van der Waals surface area contributed by atoms with Crippen LogP contribution in [0.3, 0.4) is 0 Å². The topological polar surface area (TPSA) is 81.4 Å². The first kappa shape index (κ1) is 21.4. The third-order valence-electron chi connectivity index (χ3n) is 6.62. The average Bonchev–Trinajstić information content (AvgIpc) is 3.48. The number of H-pyrrole nitrogens is 1. The number of hydrogen-bond acceptors (Lipinski definition) is 4. The summed E-state index contributed by atoms with van der Waals surface area (Å²) in [5.74, 6) is 0.652. The molecule has 0 saturated carbocycles. The quantitative estimate of drug-likeness (QED) is 0.404. The lowest BCUT2D eigenvalue weighted by atomic mass is 9.96. The van der Waals surface area contributed by atoms with Crippen LogP contribution < -0.4 is 5.56 Å². The molecule has 0 bridgehead atoms. The van der Waals surface area contributed by atoms with Crippen LogP contribution in [-0.2, 0) is 25.9 Å². The zero-order chi connectivity index (χ0) is 22.6. The smallest absolute Gasteiger partial charge is 0.270 e. The van der Waals surface area contributed by atoms with Gasteiger partial charge in [-0.05, 0) is 52.8 Å². The van der Waals surface area contributed by atoms with Crippen molar-refractivity contribution in [2.24, 2.45) is 0 Å². The van der Waals surface area contributed by atoms with Crippen LogP contribution in [0.15, 0.2) is 53.3 Å². The molecular weight excluding hydrogens is 412 g/mol. The molecule has 170 valence electrons. The monoisotopic (exact) mass is 442 g/mol. The van der Waals surface area contributed by atoms with Crippen molar-refractivity contribution in [1.82, 2.24) is 30.0 Å². The summed E-state index contributed by atoms with van der Waals surface area (Å²) < 4.78 is 4.25. The minimum atomic E-state index is 0.202. The van der Waals surface area contributed by atoms with Gasteiger partial charge in [-0.1, -0.05) is 68.3 Å². The second kappa shape index (κ2) is 9.57. The largest absolute Gasteiger partial charge is 0.286 e. The van der Waals surface area contributed by atoms with Gasteiger partial charge < -0.3 is 0 Å². The van der Waals surface area contributed by atoms with Crippen molar-refractivity contribution in [3.8, 4) is 22.5 Å². The lowest BCUT2D eigenvalue weighted by Gasteiger charge is -2.19. The highest BCUT2D eigenvalue weighted by molar-refractivity contribution is 5.80. The lowest BCUT2D eigenvalue weighted by Crippen LogP contribution is -2.28. The van der Waals surface area contributed by atoms with E-state index in [1.54, 1.807) is 0 Å². The van der Waals surface area contributed by atoms with E-state index in [2.05, 4.69) is 62.6 Å². The third-order valence-corrected chi connectivity index (χ3v) is 6.62. The predicted octanol–water partition coefficient (Wildman–Crippen LogP) is 4.61. The van der Waals surface area contributed by atoms with E-state index in [0.717, 1.165) is 66.6 Å². The Kier molecular flexibility index (Phi) is 6.19. The fourth-order valence-electron chi connectivity index (χ4n) is 4.91. The highest BCUT2D eigenvalue weighted by Crippen LogP contribution is 2.30. The second-order valence-corrected chi connectivity index (χ2v) is 8.81. The molecule has 2 aromatic carbocycles. The number of fused-ring (bicyclic) bond motifs is 1. The van der Waals surface area contributed by atoms with Crippen molar-refractivity contribution in [3.63, 3.8) is 0 Å². The number of nitrogens with one attached hydrogen (secondary N) is 1. The minimum absolute atomic E-state index is 0.202. The summed E-state index contributed by atoms with van der Waals surface area (Å²) in [6, 6.07) is 16.6. The van der Waals surface area contributed by atoms with Gasteiger partial charge in [-0.15, -0.1) is 5.10 Å². The number of unbranched alkanes of at least 4 members (excludes halogenated alkanes) is 2. The number of benzene rings is 2. The van der Waals surface area contributed by atoms with Crippen molar-refractivity contribution in [2.75, 3.05) is 0 Å². The number of tetrazole rings is 1. The number of aromatic nitrogens is 6. The Bertz CT molecular complexity index is 1270. The van der Waals surface area contributed by atoms with Crippen molar-refractivity contribution in [2.45, 2.75) is 65.0 Å². The van der Waals surface area contributed by atoms with Gasteiger partial charge in [0.15, 0.2) is 5.82 Å². The van der Waals surface area contributed by atoms with E-state index in [-0.39, 0.29) is 5.56 Å². The molecule has 1 aliphatic heterocycles. The van der Waals surface area contributed by atoms with Crippen LogP contribution >= 0.6 is 0 Å². The van der Waals surface area contributed by atoms with E-state index in [0.29, 0.717) is 12.2 Å². The molecule has 1 aliphatic rings. The Morgan fingerprint density at radius 1 is 0.939 bits per heavy atom. The molecule has 7 heteroatoms. The fraction of sp³-hybridized carbons (Fsp3) is 0.385. The molecule has 0 atom stereocenters. The molecule has 0 radical (unpaired) electrons. The maximum absolute atomic E-state index is 13.3. The first-order chi connectivity index (χ1) is 16.3. The third kappa shape index (κ3) is 4.27. The molecule has 0 unspecified atom stereocenters. The van der Waals surface area contributed by atoms with Crippen LogP contribution in [0.1, 0.15) is 55.8 Å². The maximum Gasteiger partial charge on any atom is 0.270 e. The van der Waals surface area contributed by atoms with Crippen molar-refractivity contribution in [3.05, 3.63) is 75.7 Å². The van der Waals surface area contributed by atoms with Gasteiger partial charge in [0.25, 0.3) is 5.56 Å². The summed E-state index contributed by atoms with van der Waals surface area (Å²) in [5.41, 5.74) is 6.73. The Labute approximate surface area is 193 Å². The van der Waals surface area contributed by atoms with Crippen molar-refractivity contribution >= 4 is 0 Å². The molecule has 1 N–H and O–H groups in total. The van der Waals surface area contributed by atoms with Gasteiger partial charge in [-0.25, -0.2) is 5.10 Å². The maximum atomic E-state index is 13.3. The van der Waals surface area contributed by atoms with Gasteiger partial charge in [0.05, 0.1) is 0 Å². The standard InChI is InChI=1S/C26H30N6O/c1-2-3-4-11-24-23(26(33)32-17-8-7-16-31(24)32)18-19-12-14-20(15-13-19)21-9-5-6-10-22(21)25-27-29-30-28-25/h5-6,9-10,12-15H,2-4,7-8,11,16-18H2,1H3,(H,27,28,29,30). The molecule has 4 aromatic rings. The van der Waals surface area contributed by atoms with Crippen LogP contribution in [0.25, 0.3) is 22.5 Å². The summed E-state index contributed by atoms with van der Waals surface area (Å²) in [4.78, 5) is 13.3. The fourth-order valence-corrected chi connectivity index (χ4v) is 4.91. The summed E-state index contributed by atoms with van der Waals surface area (Å²) in [6.45, 7) is 4.02. The molecule has 0 spiro atoms. The number of rotatable bonds is 8. The van der Waals surface area contributed by atoms with Gasteiger partial charge >= 0.3 is 0 Å². The van der Waals surface area contributed by atoms with Gasteiger partial charge in [0.1, 0.15) is 0 Å². The summed E-state index contributed by atoms with van der Waals surface area (Å²) >= 11 is 0. The van der Waals surface area contributed by atoms with Gasteiger partial charge in [0, 0.05) is 36.3 Å². The second-order valence-electron chi connectivity index (χ2n) is 8.81. The Balaban J connectivity index is 1.44. The predicted molar refractivity (Wildman–Crippen MR) is 129 cm³/mol. The molecule has 2 aromatic heterocycles. The molecule has 0 fully saturated rings. The van der Waals surface area contributed by atoms with E-state index < -0.39 is 0 Å². The Hall–Kier alpha value is -3.48. The Morgan fingerprint density at radius 2 is 1.70 bits per heavy atom. The van der Waals surface area contributed by atoms with Gasteiger partial charge in [-0.2, -0.15) is 0 Å². The van der Waals surface area contributed by atoms with E-state index in [1.807, 2.05) is 22.9 Å². The van der Waals surface area contributed by atoms with E-state index >= 15 is 0 Å². The zero-order valence-corrected chi connectivity index (χ0v) is 19.1. The molecule has 7 nitrogen and oxygen atoms in total. The molecule has 5 rings (SSSR count). The summed E-state index contributed by atoms with van der Waals surface area (Å²) in [7, 11) is 0. The molecule has 33 heavy (non-hydrogen) atoms. The highest BCUT2D eigenvalue weighted by Gasteiger charge is 2.22. The molecule has 0 saturated heterocycles. The first-order valence-electron chi connectivity index (χ1n) is 12.0. The lowest BCUT2D eigenvalue weighted by molar-refractivity contribution is 0.345. The van der Waals surface area contributed by atoms with E-state index in [1.165, 1.54) is 18.5 Å². The number of nitrogens with zero attached hydrogens (tertiary/aromatic N) is 5. The van der Waals surface area contributed by atoms with Gasteiger partial charge in [-0.3, -0.25) is 14.2 Å². The van der Waals surface area contributed by atoms with Crippen LogP contribution in [0.5, 0.6) is 0 Å². The van der Waals surface area contributed by atoms with Crippen molar-refractivity contribution in [1.29, 1.82) is 0 Å². The Morgan fingerprint density at radius 3 is 2.42 bits per heavy atom. The first-order valence-corrected chi connectivity index (χ1v) is 12.0. The van der Waals surface area contributed by atoms with E-state index in [9.17, 15) is 4.79 Å². The number of hydrogen-bond donors (Lipinski definition) is 1. The summed E-state index contributed by atoms with van der Waals surface area (Å²) in [6.07, 6.45) is 7.44. The van der Waals surface area contributed by atoms with Crippen LogP contribution in [-0.4, -0.2) is 30.0 Å². The molecule has 0 amide bonds.